The highest BCUT2D eigenvalue weighted by molar-refractivity contribution is 7.90. The van der Waals surface area contributed by atoms with Gasteiger partial charge in [0.15, 0.2) is 0 Å². The molecule has 0 aromatic rings. The molecule has 0 bridgehead atoms. The molecule has 5 heteroatoms. The Morgan fingerprint density at radius 2 is 1.93 bits per heavy atom. The van der Waals surface area contributed by atoms with Gasteiger partial charge in [-0.2, -0.15) is 4.31 Å². The van der Waals surface area contributed by atoms with Crippen LogP contribution in [-0.4, -0.2) is 42.3 Å². The van der Waals surface area contributed by atoms with E-state index >= 15 is 0 Å². The molecule has 1 saturated heterocycles. The number of rotatable bonds is 2. The highest BCUT2D eigenvalue weighted by Gasteiger charge is 2.42. The lowest BCUT2D eigenvalue weighted by molar-refractivity contribution is 0.0604. The van der Waals surface area contributed by atoms with Gasteiger partial charge >= 0.3 is 0 Å². The number of nitrogens with zero attached hydrogens (tertiary/aromatic N) is 1. The molecular weight excluding hydrogens is 202 g/mol. The Kier molecular flexibility index (Phi) is 2.57. The highest BCUT2D eigenvalue weighted by atomic mass is 32.2. The summed E-state index contributed by atoms with van der Waals surface area (Å²) in [6, 6.07) is 0. The van der Waals surface area contributed by atoms with Crippen molar-refractivity contribution in [1.82, 2.24) is 4.31 Å². The largest absolute Gasteiger partial charge is 0.391 e. The topological polar surface area (TPSA) is 57.6 Å². The number of hydrogen-bond donors (Lipinski definition) is 1. The lowest BCUT2D eigenvalue weighted by Gasteiger charge is -2.33. The van der Waals surface area contributed by atoms with Gasteiger partial charge in [-0.1, -0.05) is 6.92 Å². The second-order valence-electron chi connectivity index (χ2n) is 4.44. The fraction of sp³-hybridized carbons (Fsp3) is 1.00. The Balaban J connectivity index is 2.05. The average Bonchev–Trinajstić information content (AvgIpc) is 2.92. The summed E-state index contributed by atoms with van der Waals surface area (Å²) in [5.41, 5.74) is 0. The van der Waals surface area contributed by atoms with Crippen molar-refractivity contribution >= 4 is 10.0 Å². The van der Waals surface area contributed by atoms with Crippen LogP contribution in [0, 0.1) is 5.92 Å². The predicted octanol–water partition coefficient (Wildman–Crippen LogP) is 0.181. The molecule has 0 radical (unpaired) electrons. The van der Waals surface area contributed by atoms with E-state index < -0.39 is 16.1 Å². The van der Waals surface area contributed by atoms with Crippen molar-refractivity contribution in [2.24, 2.45) is 5.92 Å². The highest BCUT2D eigenvalue weighted by Crippen LogP contribution is 2.33. The number of sulfonamides is 1. The Labute approximate surface area is 85.0 Å². The summed E-state index contributed by atoms with van der Waals surface area (Å²) in [6.45, 7) is 2.84. The van der Waals surface area contributed by atoms with Crippen molar-refractivity contribution < 1.29 is 13.5 Å². The Bertz CT molecular complexity index is 310. The van der Waals surface area contributed by atoms with Crippen molar-refractivity contribution in [3.05, 3.63) is 0 Å². The van der Waals surface area contributed by atoms with Crippen LogP contribution in [-0.2, 0) is 10.0 Å². The molecule has 1 aliphatic carbocycles. The minimum Gasteiger partial charge on any atom is -0.391 e. The average molecular weight is 219 g/mol. The molecule has 2 atom stereocenters. The third kappa shape index (κ3) is 1.81. The van der Waals surface area contributed by atoms with Crippen molar-refractivity contribution in [1.29, 1.82) is 0 Å². The lowest BCUT2D eigenvalue weighted by Crippen LogP contribution is -2.46. The van der Waals surface area contributed by atoms with Gasteiger partial charge in [0.05, 0.1) is 11.4 Å². The molecule has 0 spiro atoms. The molecule has 1 aliphatic heterocycles. The molecular formula is C9H17NO3S. The van der Waals surface area contributed by atoms with Crippen LogP contribution in [0.1, 0.15) is 26.2 Å². The third-order valence-corrected chi connectivity index (χ3v) is 5.55. The molecule has 1 N–H and O–H groups in total. The van der Waals surface area contributed by atoms with Crippen LogP contribution in [0.25, 0.3) is 0 Å². The molecule has 0 amide bonds. The van der Waals surface area contributed by atoms with E-state index in [1.165, 1.54) is 4.31 Å². The molecule has 4 nitrogen and oxygen atoms in total. The first kappa shape index (κ1) is 10.4. The van der Waals surface area contributed by atoms with Crippen LogP contribution < -0.4 is 0 Å². The van der Waals surface area contributed by atoms with E-state index in [-0.39, 0.29) is 11.2 Å². The first-order valence-electron chi connectivity index (χ1n) is 5.19. The van der Waals surface area contributed by atoms with Crippen LogP contribution in [0.2, 0.25) is 0 Å². The van der Waals surface area contributed by atoms with Gasteiger partial charge < -0.3 is 5.11 Å². The molecule has 2 fully saturated rings. The fourth-order valence-corrected chi connectivity index (χ4v) is 3.70. The zero-order chi connectivity index (χ0) is 10.3. The molecule has 82 valence electrons. The van der Waals surface area contributed by atoms with E-state index in [0.29, 0.717) is 13.1 Å². The summed E-state index contributed by atoms with van der Waals surface area (Å²) < 4.78 is 25.1. The zero-order valence-electron chi connectivity index (χ0n) is 8.39. The van der Waals surface area contributed by atoms with E-state index in [1.54, 1.807) is 0 Å². The second kappa shape index (κ2) is 3.47. The predicted molar refractivity (Wildman–Crippen MR) is 53.3 cm³/mol. The molecule has 1 saturated carbocycles. The number of hydrogen-bond acceptors (Lipinski definition) is 3. The molecule has 2 aliphatic rings. The maximum atomic E-state index is 11.8. The van der Waals surface area contributed by atoms with E-state index in [4.69, 9.17) is 0 Å². The summed E-state index contributed by atoms with van der Waals surface area (Å²) in [4.78, 5) is 0. The summed E-state index contributed by atoms with van der Waals surface area (Å²) in [5.74, 6) is 0.223. The van der Waals surface area contributed by atoms with Gasteiger partial charge in [0.2, 0.25) is 10.0 Å². The Morgan fingerprint density at radius 1 is 1.29 bits per heavy atom. The van der Waals surface area contributed by atoms with Gasteiger partial charge in [-0.25, -0.2) is 8.42 Å². The second-order valence-corrected chi connectivity index (χ2v) is 6.65. The standard InChI is InChI=1S/C9H17NO3S/c1-7-4-5-10(6-9(7)11)14(12,13)8-2-3-8/h7-9,11H,2-6H2,1H3. The van der Waals surface area contributed by atoms with E-state index in [1.807, 2.05) is 6.92 Å². The Morgan fingerprint density at radius 3 is 2.43 bits per heavy atom. The van der Waals surface area contributed by atoms with Gasteiger partial charge in [0, 0.05) is 13.1 Å². The summed E-state index contributed by atoms with van der Waals surface area (Å²) in [6.07, 6.45) is 1.87. The number of aliphatic hydroxyl groups is 1. The van der Waals surface area contributed by atoms with Gasteiger partial charge in [0.1, 0.15) is 0 Å². The van der Waals surface area contributed by atoms with E-state index in [9.17, 15) is 13.5 Å². The molecule has 2 rings (SSSR count). The van der Waals surface area contributed by atoms with Crippen molar-refractivity contribution in [3.63, 3.8) is 0 Å². The van der Waals surface area contributed by atoms with Crippen molar-refractivity contribution in [3.8, 4) is 0 Å². The van der Waals surface area contributed by atoms with Crippen molar-refractivity contribution in [2.75, 3.05) is 13.1 Å². The fourth-order valence-electron chi connectivity index (χ4n) is 1.83. The first-order chi connectivity index (χ1) is 6.51. The lowest BCUT2D eigenvalue weighted by atomic mass is 9.98. The van der Waals surface area contributed by atoms with Crippen LogP contribution in [0.3, 0.4) is 0 Å². The maximum absolute atomic E-state index is 11.8. The van der Waals surface area contributed by atoms with E-state index in [0.717, 1.165) is 19.3 Å². The monoisotopic (exact) mass is 219 g/mol. The van der Waals surface area contributed by atoms with Crippen LogP contribution >= 0.6 is 0 Å². The van der Waals surface area contributed by atoms with Crippen LogP contribution in [0.15, 0.2) is 0 Å². The molecule has 14 heavy (non-hydrogen) atoms. The van der Waals surface area contributed by atoms with Crippen LogP contribution in [0.5, 0.6) is 0 Å². The SMILES string of the molecule is CC1CCN(S(=O)(=O)C2CC2)CC1O. The Hall–Kier alpha value is -0.130. The smallest absolute Gasteiger partial charge is 0.217 e. The summed E-state index contributed by atoms with van der Waals surface area (Å²) >= 11 is 0. The van der Waals surface area contributed by atoms with Crippen molar-refractivity contribution in [2.45, 2.75) is 37.5 Å². The number of piperidine rings is 1. The first-order valence-corrected chi connectivity index (χ1v) is 6.69. The summed E-state index contributed by atoms with van der Waals surface area (Å²) in [7, 11) is -3.07. The molecule has 1 heterocycles. The van der Waals surface area contributed by atoms with Gasteiger partial charge in [-0.15, -0.1) is 0 Å². The minimum absolute atomic E-state index is 0.150. The van der Waals surface area contributed by atoms with Gasteiger partial charge in [-0.05, 0) is 25.2 Å². The minimum atomic E-state index is -3.07. The third-order valence-electron chi connectivity index (χ3n) is 3.19. The maximum Gasteiger partial charge on any atom is 0.217 e. The normalized spacial score (nSPS) is 35.9. The quantitative estimate of drug-likeness (QED) is 0.721. The molecule has 0 aromatic heterocycles. The van der Waals surface area contributed by atoms with Crippen LogP contribution in [0.4, 0.5) is 0 Å². The zero-order valence-corrected chi connectivity index (χ0v) is 9.20. The number of β-amino-alcohol motifs (C(OH)–C–C–N with tert-alkyl or cyclic N) is 1. The van der Waals surface area contributed by atoms with E-state index in [2.05, 4.69) is 0 Å². The summed E-state index contributed by atoms with van der Waals surface area (Å²) in [5, 5.41) is 9.46. The molecule has 0 aromatic carbocycles. The van der Waals surface area contributed by atoms with Gasteiger partial charge in [0.25, 0.3) is 0 Å². The molecule has 2 unspecified atom stereocenters. The number of aliphatic hydroxyl groups excluding tert-OH is 1. The van der Waals surface area contributed by atoms with Gasteiger partial charge in [-0.3, -0.25) is 0 Å².